The molecule has 0 amide bonds. The third-order valence-corrected chi connectivity index (χ3v) is 4.50. The van der Waals surface area contributed by atoms with Gasteiger partial charge in [0.25, 0.3) is 0 Å². The quantitative estimate of drug-likeness (QED) is 0.857. The molecule has 0 spiro atoms. The molecule has 0 radical (unpaired) electrons. The number of aliphatic hydroxyl groups excluding tert-OH is 1. The van der Waals surface area contributed by atoms with E-state index in [0.29, 0.717) is 12.5 Å². The van der Waals surface area contributed by atoms with Crippen LogP contribution in [0.1, 0.15) is 62.7 Å². The molecule has 2 rings (SSSR count). The number of benzene rings is 1. The highest BCUT2D eigenvalue weighted by molar-refractivity contribution is 5.27. The first-order valence-electron chi connectivity index (χ1n) is 7.07. The fourth-order valence-electron chi connectivity index (χ4n) is 3.09. The van der Waals surface area contributed by atoms with Crippen LogP contribution in [0.25, 0.3) is 0 Å². The van der Waals surface area contributed by atoms with Crippen molar-refractivity contribution < 1.29 is 5.11 Å². The zero-order chi connectivity index (χ0) is 13.2. The van der Waals surface area contributed by atoms with E-state index < -0.39 is 6.10 Å². The van der Waals surface area contributed by atoms with Crippen LogP contribution >= 0.6 is 0 Å². The molecule has 0 unspecified atom stereocenters. The van der Waals surface area contributed by atoms with Gasteiger partial charge < -0.3 is 10.8 Å². The topological polar surface area (TPSA) is 46.2 Å². The van der Waals surface area contributed by atoms with Gasteiger partial charge >= 0.3 is 0 Å². The highest BCUT2D eigenvalue weighted by Crippen LogP contribution is 2.46. The molecule has 2 nitrogen and oxygen atoms in total. The van der Waals surface area contributed by atoms with Gasteiger partial charge in [-0.1, -0.05) is 51.0 Å². The van der Waals surface area contributed by atoms with Crippen molar-refractivity contribution in [2.75, 3.05) is 6.54 Å². The molecule has 3 N–H and O–H groups in total. The van der Waals surface area contributed by atoms with E-state index in [4.69, 9.17) is 5.73 Å². The van der Waals surface area contributed by atoms with Gasteiger partial charge in [-0.2, -0.15) is 0 Å². The third kappa shape index (κ3) is 2.45. The van der Waals surface area contributed by atoms with Crippen molar-refractivity contribution in [3.05, 3.63) is 35.4 Å². The monoisotopic (exact) mass is 247 g/mol. The Labute approximate surface area is 110 Å². The summed E-state index contributed by atoms with van der Waals surface area (Å²) < 4.78 is 0. The summed E-state index contributed by atoms with van der Waals surface area (Å²) in [6, 6.07) is 8.39. The van der Waals surface area contributed by atoms with E-state index in [9.17, 15) is 5.11 Å². The maximum atomic E-state index is 10.6. The minimum absolute atomic E-state index is 0.0840. The molecule has 0 bridgehead atoms. The van der Waals surface area contributed by atoms with Gasteiger partial charge in [-0.3, -0.25) is 0 Å². The molecule has 1 aliphatic carbocycles. The predicted octanol–water partition coefficient (Wildman–Crippen LogP) is 3.36. The summed E-state index contributed by atoms with van der Waals surface area (Å²) in [7, 11) is 0. The minimum atomic E-state index is -0.411. The van der Waals surface area contributed by atoms with E-state index in [0.717, 1.165) is 18.4 Å². The highest BCUT2D eigenvalue weighted by Gasteiger charge is 2.39. The van der Waals surface area contributed by atoms with Gasteiger partial charge in [-0.25, -0.2) is 0 Å². The Balaban J connectivity index is 2.20. The fraction of sp³-hybridized carbons (Fsp3) is 0.625. The molecule has 100 valence electrons. The van der Waals surface area contributed by atoms with Crippen LogP contribution in [0.2, 0.25) is 0 Å². The molecule has 0 aromatic heterocycles. The average Bonchev–Trinajstić information content (AvgIpc) is 2.88. The van der Waals surface area contributed by atoms with Crippen LogP contribution in [-0.4, -0.2) is 11.7 Å². The van der Waals surface area contributed by atoms with E-state index in [1.165, 1.54) is 18.4 Å². The van der Waals surface area contributed by atoms with Gasteiger partial charge in [-0.05, 0) is 29.9 Å². The summed E-state index contributed by atoms with van der Waals surface area (Å²) in [6.45, 7) is 4.95. The Hall–Kier alpha value is -0.860. The zero-order valence-corrected chi connectivity index (χ0v) is 11.5. The molecular formula is C16H25NO. The van der Waals surface area contributed by atoms with Gasteiger partial charge in [0.2, 0.25) is 0 Å². The Bertz CT molecular complexity index is 377. The highest BCUT2D eigenvalue weighted by atomic mass is 16.3. The van der Waals surface area contributed by atoms with Gasteiger partial charge in [0, 0.05) is 12.0 Å². The van der Waals surface area contributed by atoms with Gasteiger partial charge in [0.1, 0.15) is 0 Å². The average molecular weight is 247 g/mol. The molecule has 0 aliphatic heterocycles. The number of rotatable bonds is 4. The molecule has 0 saturated heterocycles. The van der Waals surface area contributed by atoms with Crippen LogP contribution in [0.4, 0.5) is 0 Å². The van der Waals surface area contributed by atoms with Crippen molar-refractivity contribution in [2.45, 2.75) is 51.6 Å². The summed E-state index contributed by atoms with van der Waals surface area (Å²) in [4.78, 5) is 0. The van der Waals surface area contributed by atoms with E-state index in [1.807, 2.05) is 0 Å². The van der Waals surface area contributed by atoms with Crippen LogP contribution in [-0.2, 0) is 0 Å². The molecule has 1 aromatic carbocycles. The number of nitrogens with two attached hydrogens (primary N) is 1. The second kappa shape index (κ2) is 5.41. The molecule has 2 heteroatoms. The van der Waals surface area contributed by atoms with E-state index in [1.54, 1.807) is 0 Å². The Kier molecular flexibility index (Phi) is 4.08. The first kappa shape index (κ1) is 13.6. The van der Waals surface area contributed by atoms with Crippen molar-refractivity contribution in [1.82, 2.24) is 0 Å². The SMILES string of the molecule is CC(C)c1ccc([C@H](O)C2(CN)CCCC2)cc1. The van der Waals surface area contributed by atoms with Crippen LogP contribution in [0.15, 0.2) is 24.3 Å². The summed E-state index contributed by atoms with van der Waals surface area (Å²) in [5.74, 6) is 0.533. The van der Waals surface area contributed by atoms with Crippen molar-refractivity contribution in [2.24, 2.45) is 11.1 Å². The maximum Gasteiger partial charge on any atom is 0.0858 e. The summed E-state index contributed by atoms with van der Waals surface area (Å²) in [6.07, 6.45) is 4.08. The Morgan fingerprint density at radius 3 is 2.06 bits per heavy atom. The molecule has 0 heterocycles. The van der Waals surface area contributed by atoms with E-state index in [2.05, 4.69) is 38.1 Å². The van der Waals surface area contributed by atoms with Gasteiger partial charge in [0.05, 0.1) is 6.10 Å². The molecule has 1 aliphatic rings. The lowest BCUT2D eigenvalue weighted by Crippen LogP contribution is -2.34. The lowest BCUT2D eigenvalue weighted by atomic mass is 9.77. The molecule has 18 heavy (non-hydrogen) atoms. The second-order valence-electron chi connectivity index (χ2n) is 6.00. The molecule has 1 fully saturated rings. The van der Waals surface area contributed by atoms with Crippen LogP contribution < -0.4 is 5.73 Å². The van der Waals surface area contributed by atoms with Crippen molar-refractivity contribution in [1.29, 1.82) is 0 Å². The Morgan fingerprint density at radius 1 is 1.11 bits per heavy atom. The summed E-state index contributed by atoms with van der Waals surface area (Å²) in [5.41, 5.74) is 8.18. The lowest BCUT2D eigenvalue weighted by molar-refractivity contribution is 0.0333. The van der Waals surface area contributed by atoms with E-state index in [-0.39, 0.29) is 5.41 Å². The smallest absolute Gasteiger partial charge is 0.0858 e. The normalized spacial score (nSPS) is 20.3. The number of aliphatic hydroxyl groups is 1. The van der Waals surface area contributed by atoms with Crippen LogP contribution in [0.3, 0.4) is 0 Å². The van der Waals surface area contributed by atoms with Crippen molar-refractivity contribution in [3.63, 3.8) is 0 Å². The van der Waals surface area contributed by atoms with E-state index >= 15 is 0 Å². The van der Waals surface area contributed by atoms with Crippen molar-refractivity contribution in [3.8, 4) is 0 Å². The summed E-state index contributed by atoms with van der Waals surface area (Å²) >= 11 is 0. The van der Waals surface area contributed by atoms with Gasteiger partial charge in [-0.15, -0.1) is 0 Å². The largest absolute Gasteiger partial charge is 0.388 e. The molecule has 1 aromatic rings. The first-order valence-corrected chi connectivity index (χ1v) is 7.07. The predicted molar refractivity (Wildman–Crippen MR) is 75.4 cm³/mol. The third-order valence-electron chi connectivity index (χ3n) is 4.50. The standard InChI is InChI=1S/C16H25NO/c1-12(2)13-5-7-14(8-6-13)15(18)16(11-17)9-3-4-10-16/h5-8,12,15,18H,3-4,9-11,17H2,1-2H3/t15-/m0/s1. The lowest BCUT2D eigenvalue weighted by Gasteiger charge is -2.33. The summed E-state index contributed by atoms with van der Waals surface area (Å²) in [5, 5.41) is 10.6. The number of hydrogen-bond donors (Lipinski definition) is 2. The zero-order valence-electron chi connectivity index (χ0n) is 11.5. The molecule has 1 saturated carbocycles. The van der Waals surface area contributed by atoms with Gasteiger partial charge in [0.15, 0.2) is 0 Å². The Morgan fingerprint density at radius 2 is 1.61 bits per heavy atom. The molecule has 1 atom stereocenters. The minimum Gasteiger partial charge on any atom is -0.388 e. The van der Waals surface area contributed by atoms with Crippen molar-refractivity contribution >= 4 is 0 Å². The van der Waals surface area contributed by atoms with Crippen LogP contribution in [0.5, 0.6) is 0 Å². The first-order chi connectivity index (χ1) is 8.59. The maximum absolute atomic E-state index is 10.6. The number of hydrogen-bond acceptors (Lipinski definition) is 2. The molecular weight excluding hydrogens is 222 g/mol. The second-order valence-corrected chi connectivity index (χ2v) is 6.00. The van der Waals surface area contributed by atoms with Crippen LogP contribution in [0, 0.1) is 5.41 Å². The fourth-order valence-corrected chi connectivity index (χ4v) is 3.09.